The van der Waals surface area contributed by atoms with Crippen molar-refractivity contribution in [3.05, 3.63) is 47.8 Å². The molecule has 16 heavy (non-hydrogen) atoms. The quantitative estimate of drug-likeness (QED) is 0.844. The van der Waals surface area contributed by atoms with Crippen LogP contribution in [0.4, 0.5) is 0 Å². The predicted molar refractivity (Wildman–Crippen MR) is 61.5 cm³/mol. The van der Waals surface area contributed by atoms with E-state index in [1.165, 1.54) is 0 Å². The summed E-state index contributed by atoms with van der Waals surface area (Å²) in [4.78, 5) is 11.2. The molecule has 0 unspecified atom stereocenters. The topological polar surface area (TPSA) is 60.9 Å². The highest BCUT2D eigenvalue weighted by molar-refractivity contribution is 5.94. The predicted octanol–water partition coefficient (Wildman–Crippen LogP) is 1.53. The molecule has 4 heteroatoms. The van der Waals surface area contributed by atoms with Gasteiger partial charge in [0.1, 0.15) is 0 Å². The molecule has 0 saturated carbocycles. The Morgan fingerprint density at radius 1 is 1.50 bits per heavy atom. The van der Waals surface area contributed by atoms with Gasteiger partial charge in [0.25, 0.3) is 0 Å². The van der Waals surface area contributed by atoms with Gasteiger partial charge < -0.3 is 5.73 Å². The number of carbonyl (C=O) groups excluding carboxylic acids is 1. The minimum atomic E-state index is -0.385. The summed E-state index contributed by atoms with van der Waals surface area (Å²) in [6.07, 6.45) is 4.35. The summed E-state index contributed by atoms with van der Waals surface area (Å²) in [6.45, 7) is 1.99. The van der Waals surface area contributed by atoms with Crippen molar-refractivity contribution in [2.75, 3.05) is 0 Å². The van der Waals surface area contributed by atoms with E-state index in [0.717, 1.165) is 17.7 Å². The molecule has 0 radical (unpaired) electrons. The molecule has 1 amide bonds. The van der Waals surface area contributed by atoms with Crippen molar-refractivity contribution in [1.29, 1.82) is 0 Å². The third-order valence-electron chi connectivity index (χ3n) is 2.50. The lowest BCUT2D eigenvalue weighted by Crippen LogP contribution is -2.14. The number of carbonyl (C=O) groups is 1. The molecular weight excluding hydrogens is 202 g/mol. The average molecular weight is 215 g/mol. The SMILES string of the molecule is CCc1cc(-n2cccn2)ccc1C(N)=O. The molecule has 4 nitrogen and oxygen atoms in total. The first-order valence-corrected chi connectivity index (χ1v) is 5.15. The standard InChI is InChI=1S/C12H13N3O/c1-2-9-8-10(15-7-3-6-14-15)4-5-11(9)12(13)16/h3-8H,2H2,1H3,(H2,13,16). The molecule has 0 aliphatic carbocycles. The highest BCUT2D eigenvalue weighted by Gasteiger charge is 2.08. The highest BCUT2D eigenvalue weighted by Crippen LogP contribution is 2.15. The van der Waals surface area contributed by atoms with E-state index in [0.29, 0.717) is 5.56 Å². The van der Waals surface area contributed by atoms with Gasteiger partial charge in [-0.2, -0.15) is 5.10 Å². The number of rotatable bonds is 3. The lowest BCUT2D eigenvalue weighted by Gasteiger charge is -2.07. The second-order valence-electron chi connectivity index (χ2n) is 3.51. The number of aryl methyl sites for hydroxylation is 1. The van der Waals surface area contributed by atoms with Gasteiger partial charge in [-0.3, -0.25) is 4.79 Å². The molecule has 2 N–H and O–H groups in total. The molecule has 0 spiro atoms. The third kappa shape index (κ3) is 1.82. The second kappa shape index (κ2) is 4.18. The van der Waals surface area contributed by atoms with E-state index in [1.807, 2.05) is 31.3 Å². The smallest absolute Gasteiger partial charge is 0.248 e. The average Bonchev–Trinajstić information content (AvgIpc) is 2.81. The summed E-state index contributed by atoms with van der Waals surface area (Å²) in [5.74, 6) is -0.385. The maximum absolute atomic E-state index is 11.2. The zero-order chi connectivity index (χ0) is 11.5. The Kier molecular flexibility index (Phi) is 2.72. The lowest BCUT2D eigenvalue weighted by molar-refractivity contribution is 0.0999. The Bertz CT molecular complexity index is 503. The van der Waals surface area contributed by atoms with Gasteiger partial charge >= 0.3 is 0 Å². The fourth-order valence-corrected chi connectivity index (χ4v) is 1.68. The Balaban J connectivity index is 2.49. The van der Waals surface area contributed by atoms with Crippen LogP contribution < -0.4 is 5.73 Å². The maximum Gasteiger partial charge on any atom is 0.248 e. The first-order valence-electron chi connectivity index (χ1n) is 5.15. The number of benzene rings is 1. The molecule has 2 rings (SSSR count). The molecule has 1 heterocycles. The zero-order valence-corrected chi connectivity index (χ0v) is 9.05. The normalized spacial score (nSPS) is 10.3. The van der Waals surface area contributed by atoms with Gasteiger partial charge in [0.2, 0.25) is 5.91 Å². The fraction of sp³-hybridized carbons (Fsp3) is 0.167. The van der Waals surface area contributed by atoms with Gasteiger partial charge in [-0.15, -0.1) is 0 Å². The van der Waals surface area contributed by atoms with E-state index in [9.17, 15) is 4.79 Å². The summed E-state index contributed by atoms with van der Waals surface area (Å²) in [6, 6.07) is 7.38. The number of primary amides is 1. The van der Waals surface area contributed by atoms with Crippen molar-refractivity contribution in [2.45, 2.75) is 13.3 Å². The Morgan fingerprint density at radius 3 is 2.88 bits per heavy atom. The van der Waals surface area contributed by atoms with Crippen LogP contribution in [0.2, 0.25) is 0 Å². The largest absolute Gasteiger partial charge is 0.366 e. The van der Waals surface area contributed by atoms with Gasteiger partial charge in [-0.05, 0) is 36.2 Å². The summed E-state index contributed by atoms with van der Waals surface area (Å²) in [5.41, 5.74) is 7.76. The van der Waals surface area contributed by atoms with Crippen LogP contribution in [0.5, 0.6) is 0 Å². The van der Waals surface area contributed by atoms with Crippen molar-refractivity contribution in [1.82, 2.24) is 9.78 Å². The molecule has 0 bridgehead atoms. The highest BCUT2D eigenvalue weighted by atomic mass is 16.1. The van der Waals surface area contributed by atoms with E-state index >= 15 is 0 Å². The molecule has 82 valence electrons. The van der Waals surface area contributed by atoms with Gasteiger partial charge in [0, 0.05) is 18.0 Å². The molecule has 0 aliphatic heterocycles. The van der Waals surface area contributed by atoms with Gasteiger partial charge in [0.05, 0.1) is 5.69 Å². The zero-order valence-electron chi connectivity index (χ0n) is 9.05. The van der Waals surface area contributed by atoms with E-state index in [4.69, 9.17) is 5.73 Å². The molecule has 0 fully saturated rings. The van der Waals surface area contributed by atoms with Gasteiger partial charge in [-0.1, -0.05) is 6.92 Å². The number of nitrogens with two attached hydrogens (primary N) is 1. The van der Waals surface area contributed by atoms with Crippen LogP contribution in [0.25, 0.3) is 5.69 Å². The van der Waals surface area contributed by atoms with Crippen molar-refractivity contribution >= 4 is 5.91 Å². The first-order chi connectivity index (χ1) is 7.72. The van der Waals surface area contributed by atoms with Crippen LogP contribution in [0.1, 0.15) is 22.8 Å². The minimum absolute atomic E-state index is 0.385. The Labute approximate surface area is 93.7 Å². The van der Waals surface area contributed by atoms with E-state index in [1.54, 1.807) is 16.9 Å². The Hall–Kier alpha value is -2.10. The molecule has 0 saturated heterocycles. The lowest BCUT2D eigenvalue weighted by atomic mass is 10.0. The van der Waals surface area contributed by atoms with Gasteiger partial charge in [0.15, 0.2) is 0 Å². The molecule has 1 aromatic carbocycles. The third-order valence-corrected chi connectivity index (χ3v) is 2.50. The maximum atomic E-state index is 11.2. The number of hydrogen-bond acceptors (Lipinski definition) is 2. The molecule has 1 aromatic heterocycles. The van der Waals surface area contributed by atoms with E-state index < -0.39 is 0 Å². The summed E-state index contributed by atoms with van der Waals surface area (Å²) in [7, 11) is 0. The second-order valence-corrected chi connectivity index (χ2v) is 3.51. The van der Waals surface area contributed by atoms with Crippen LogP contribution in [0, 0.1) is 0 Å². The van der Waals surface area contributed by atoms with Crippen molar-refractivity contribution in [3.63, 3.8) is 0 Å². The van der Waals surface area contributed by atoms with Crippen molar-refractivity contribution in [2.24, 2.45) is 5.73 Å². The number of aromatic nitrogens is 2. The number of amides is 1. The van der Waals surface area contributed by atoms with Crippen molar-refractivity contribution in [3.8, 4) is 5.69 Å². The number of hydrogen-bond donors (Lipinski definition) is 1. The first kappa shape index (κ1) is 10.4. The molecule has 0 aliphatic rings. The monoisotopic (exact) mass is 215 g/mol. The van der Waals surface area contributed by atoms with E-state index in [2.05, 4.69) is 5.10 Å². The Morgan fingerprint density at radius 2 is 2.31 bits per heavy atom. The number of nitrogens with zero attached hydrogens (tertiary/aromatic N) is 2. The van der Waals surface area contributed by atoms with E-state index in [-0.39, 0.29) is 5.91 Å². The summed E-state index contributed by atoms with van der Waals surface area (Å²) >= 11 is 0. The van der Waals surface area contributed by atoms with Crippen LogP contribution in [0.3, 0.4) is 0 Å². The van der Waals surface area contributed by atoms with Gasteiger partial charge in [-0.25, -0.2) is 4.68 Å². The molecule has 0 atom stereocenters. The van der Waals surface area contributed by atoms with Crippen LogP contribution in [0.15, 0.2) is 36.7 Å². The molecule has 2 aromatic rings. The minimum Gasteiger partial charge on any atom is -0.366 e. The summed E-state index contributed by atoms with van der Waals surface area (Å²) in [5, 5.41) is 4.14. The van der Waals surface area contributed by atoms with Crippen LogP contribution >= 0.6 is 0 Å². The fourth-order valence-electron chi connectivity index (χ4n) is 1.68. The van der Waals surface area contributed by atoms with Crippen LogP contribution in [-0.2, 0) is 6.42 Å². The molecular formula is C12H13N3O. The summed E-state index contributed by atoms with van der Waals surface area (Å²) < 4.78 is 1.75. The van der Waals surface area contributed by atoms with Crippen molar-refractivity contribution < 1.29 is 4.79 Å². The van der Waals surface area contributed by atoms with Crippen LogP contribution in [-0.4, -0.2) is 15.7 Å².